The number of rotatable bonds is 4. The number of hydrogen-bond donors (Lipinski definition) is 1. The Morgan fingerprint density at radius 2 is 1.55 bits per heavy atom. The minimum Gasteiger partial charge on any atom is -0.352 e. The first-order valence-corrected chi connectivity index (χ1v) is 7.89. The Kier molecular flexibility index (Phi) is 4.10. The van der Waals surface area contributed by atoms with E-state index in [0.717, 1.165) is 33.5 Å². The van der Waals surface area contributed by atoms with Crippen molar-refractivity contribution >= 4 is 27.5 Å². The third-order valence-electron chi connectivity index (χ3n) is 4.31. The summed E-state index contributed by atoms with van der Waals surface area (Å²) in [7, 11) is 0. The maximum atomic E-state index is 12.8. The molecule has 3 aromatic rings. The summed E-state index contributed by atoms with van der Waals surface area (Å²) in [6.45, 7) is 5.01. The molecule has 22 heavy (non-hydrogen) atoms. The van der Waals surface area contributed by atoms with E-state index in [1.54, 1.807) is 0 Å². The van der Waals surface area contributed by atoms with Gasteiger partial charge < -0.3 is 5.32 Å². The molecule has 112 valence electrons. The molecule has 0 aliphatic rings. The van der Waals surface area contributed by atoms with Crippen LogP contribution in [-0.2, 0) is 0 Å². The molecule has 0 bridgehead atoms. The lowest BCUT2D eigenvalue weighted by molar-refractivity contribution is 0.0951. The van der Waals surface area contributed by atoms with Crippen LogP contribution in [0.3, 0.4) is 0 Å². The average Bonchev–Trinajstić information content (AvgIpc) is 2.57. The van der Waals surface area contributed by atoms with Gasteiger partial charge in [-0.2, -0.15) is 0 Å². The van der Waals surface area contributed by atoms with E-state index in [0.29, 0.717) is 12.5 Å². The Labute approximate surface area is 131 Å². The molecule has 0 saturated heterocycles. The van der Waals surface area contributed by atoms with Crippen molar-refractivity contribution in [2.75, 3.05) is 6.54 Å². The van der Waals surface area contributed by atoms with Crippen molar-refractivity contribution in [3.8, 4) is 0 Å². The molecule has 1 unspecified atom stereocenters. The molecule has 0 spiro atoms. The Morgan fingerprint density at radius 3 is 2.09 bits per heavy atom. The minimum absolute atomic E-state index is 0.0216. The Bertz CT molecular complexity index is 768. The largest absolute Gasteiger partial charge is 0.352 e. The van der Waals surface area contributed by atoms with Gasteiger partial charge in [-0.1, -0.05) is 68.8 Å². The topological polar surface area (TPSA) is 29.1 Å². The number of nitrogens with one attached hydrogen (secondary N) is 1. The van der Waals surface area contributed by atoms with Gasteiger partial charge in [-0.15, -0.1) is 0 Å². The fourth-order valence-corrected chi connectivity index (χ4v) is 2.76. The summed E-state index contributed by atoms with van der Waals surface area (Å²) >= 11 is 0. The van der Waals surface area contributed by atoms with Gasteiger partial charge in [-0.3, -0.25) is 4.79 Å². The first kappa shape index (κ1) is 14.6. The molecule has 1 amide bonds. The maximum Gasteiger partial charge on any atom is 0.252 e. The summed E-state index contributed by atoms with van der Waals surface area (Å²) in [6, 6.07) is 18.3. The van der Waals surface area contributed by atoms with E-state index in [4.69, 9.17) is 0 Å². The molecular weight excluding hydrogens is 270 g/mol. The third-order valence-corrected chi connectivity index (χ3v) is 4.31. The molecule has 0 aliphatic carbocycles. The lowest BCUT2D eigenvalue weighted by atomic mass is 9.96. The zero-order valence-corrected chi connectivity index (χ0v) is 13.1. The van der Waals surface area contributed by atoms with Crippen LogP contribution in [0.15, 0.2) is 54.6 Å². The van der Waals surface area contributed by atoms with Crippen molar-refractivity contribution in [2.45, 2.75) is 20.3 Å². The predicted molar refractivity (Wildman–Crippen MR) is 93.2 cm³/mol. The van der Waals surface area contributed by atoms with Gasteiger partial charge >= 0.3 is 0 Å². The summed E-state index contributed by atoms with van der Waals surface area (Å²) in [6.07, 6.45) is 1.07. The summed E-state index contributed by atoms with van der Waals surface area (Å²) in [5, 5.41) is 7.34. The molecule has 1 atom stereocenters. The maximum absolute atomic E-state index is 12.8. The SMILES string of the molecule is CCC(C)CNC(=O)c1c2ccccc2cc2ccccc12. The normalized spacial score (nSPS) is 12.5. The van der Waals surface area contributed by atoms with Crippen molar-refractivity contribution < 1.29 is 4.79 Å². The highest BCUT2D eigenvalue weighted by atomic mass is 16.1. The van der Waals surface area contributed by atoms with Gasteiger partial charge in [-0.05, 0) is 33.5 Å². The van der Waals surface area contributed by atoms with Crippen molar-refractivity contribution in [1.29, 1.82) is 0 Å². The molecule has 1 N–H and O–H groups in total. The van der Waals surface area contributed by atoms with Crippen molar-refractivity contribution in [3.63, 3.8) is 0 Å². The van der Waals surface area contributed by atoms with E-state index >= 15 is 0 Å². The van der Waals surface area contributed by atoms with E-state index in [1.165, 1.54) is 0 Å². The fraction of sp³-hybridized carbons (Fsp3) is 0.250. The highest BCUT2D eigenvalue weighted by Gasteiger charge is 2.14. The summed E-state index contributed by atoms with van der Waals surface area (Å²) < 4.78 is 0. The van der Waals surface area contributed by atoms with Crippen LogP contribution in [0.25, 0.3) is 21.5 Å². The van der Waals surface area contributed by atoms with Crippen LogP contribution in [0.5, 0.6) is 0 Å². The first-order valence-electron chi connectivity index (χ1n) is 7.89. The van der Waals surface area contributed by atoms with Crippen LogP contribution in [0.2, 0.25) is 0 Å². The van der Waals surface area contributed by atoms with Crippen molar-refractivity contribution in [3.05, 3.63) is 60.2 Å². The predicted octanol–water partition coefficient (Wildman–Crippen LogP) is 4.77. The van der Waals surface area contributed by atoms with Crippen molar-refractivity contribution in [2.24, 2.45) is 5.92 Å². The highest BCUT2D eigenvalue weighted by Crippen LogP contribution is 2.28. The second kappa shape index (κ2) is 6.18. The van der Waals surface area contributed by atoms with Gasteiger partial charge in [0.25, 0.3) is 5.91 Å². The molecule has 3 aromatic carbocycles. The first-order chi connectivity index (χ1) is 10.7. The monoisotopic (exact) mass is 291 g/mol. The molecule has 0 fully saturated rings. The molecular formula is C20H21NO. The molecule has 0 radical (unpaired) electrons. The van der Waals surface area contributed by atoms with Gasteiger partial charge in [-0.25, -0.2) is 0 Å². The average molecular weight is 291 g/mol. The Hall–Kier alpha value is -2.35. The smallest absolute Gasteiger partial charge is 0.252 e. The van der Waals surface area contributed by atoms with Gasteiger partial charge in [0.2, 0.25) is 0 Å². The Morgan fingerprint density at radius 1 is 1.00 bits per heavy atom. The van der Waals surface area contributed by atoms with E-state index in [2.05, 4.69) is 37.4 Å². The quantitative estimate of drug-likeness (QED) is 0.689. The summed E-state index contributed by atoms with van der Waals surface area (Å²) in [4.78, 5) is 12.8. The molecule has 3 rings (SSSR count). The van der Waals surface area contributed by atoms with Crippen LogP contribution in [0.1, 0.15) is 30.6 Å². The van der Waals surface area contributed by atoms with Crippen LogP contribution in [0, 0.1) is 5.92 Å². The molecule has 0 aliphatic heterocycles. The lowest BCUT2D eigenvalue weighted by Gasteiger charge is -2.14. The molecule has 2 nitrogen and oxygen atoms in total. The van der Waals surface area contributed by atoms with E-state index < -0.39 is 0 Å². The highest BCUT2D eigenvalue weighted by molar-refractivity contribution is 6.18. The van der Waals surface area contributed by atoms with Gasteiger partial charge in [0.1, 0.15) is 0 Å². The minimum atomic E-state index is 0.0216. The molecule has 0 heterocycles. The summed E-state index contributed by atoms with van der Waals surface area (Å²) in [5.41, 5.74) is 0.789. The number of benzene rings is 3. The zero-order chi connectivity index (χ0) is 15.5. The molecule has 0 saturated carbocycles. The third kappa shape index (κ3) is 2.69. The van der Waals surface area contributed by atoms with Crippen LogP contribution >= 0.6 is 0 Å². The summed E-state index contributed by atoms with van der Waals surface area (Å²) in [5.74, 6) is 0.512. The lowest BCUT2D eigenvalue weighted by Crippen LogP contribution is -2.28. The number of fused-ring (bicyclic) bond motifs is 2. The second-order valence-electron chi connectivity index (χ2n) is 5.92. The number of carbonyl (C=O) groups is 1. The Balaban J connectivity index is 2.13. The number of amides is 1. The molecule has 0 aromatic heterocycles. The zero-order valence-electron chi connectivity index (χ0n) is 13.1. The number of hydrogen-bond acceptors (Lipinski definition) is 1. The van der Waals surface area contributed by atoms with Crippen LogP contribution < -0.4 is 5.32 Å². The van der Waals surface area contributed by atoms with Crippen LogP contribution in [0.4, 0.5) is 0 Å². The van der Waals surface area contributed by atoms with E-state index in [1.807, 2.05) is 36.4 Å². The standard InChI is InChI=1S/C20H21NO/c1-3-14(2)13-21-20(22)19-17-10-6-4-8-15(17)12-16-9-5-7-11-18(16)19/h4-12,14H,3,13H2,1-2H3,(H,21,22). The van der Waals surface area contributed by atoms with E-state index in [-0.39, 0.29) is 5.91 Å². The van der Waals surface area contributed by atoms with Crippen LogP contribution in [-0.4, -0.2) is 12.5 Å². The number of carbonyl (C=O) groups excluding carboxylic acids is 1. The van der Waals surface area contributed by atoms with Gasteiger partial charge in [0.05, 0.1) is 5.56 Å². The second-order valence-corrected chi connectivity index (χ2v) is 5.92. The fourth-order valence-electron chi connectivity index (χ4n) is 2.76. The van der Waals surface area contributed by atoms with Gasteiger partial charge in [0, 0.05) is 6.54 Å². The van der Waals surface area contributed by atoms with Gasteiger partial charge in [0.15, 0.2) is 0 Å². The van der Waals surface area contributed by atoms with E-state index in [9.17, 15) is 4.79 Å². The molecule has 2 heteroatoms. The van der Waals surface area contributed by atoms with Crippen molar-refractivity contribution in [1.82, 2.24) is 5.32 Å².